The molecule has 2 aromatic carbocycles. The Labute approximate surface area is 167 Å². The molecule has 142 valence electrons. The van der Waals surface area contributed by atoms with Crippen LogP contribution in [0.3, 0.4) is 0 Å². The number of benzene rings is 2. The molecule has 0 aliphatic carbocycles. The number of hydrogen-bond acceptors (Lipinski definition) is 4. The molecule has 0 aliphatic heterocycles. The second kappa shape index (κ2) is 8.06. The van der Waals surface area contributed by atoms with Crippen molar-refractivity contribution in [1.29, 1.82) is 0 Å². The van der Waals surface area contributed by atoms with Crippen molar-refractivity contribution in [3.8, 4) is 11.3 Å². The van der Waals surface area contributed by atoms with Crippen molar-refractivity contribution in [1.82, 2.24) is 5.32 Å². The van der Waals surface area contributed by atoms with Gasteiger partial charge in [-0.3, -0.25) is 10.1 Å². The summed E-state index contributed by atoms with van der Waals surface area (Å²) < 4.78 is 5.38. The van der Waals surface area contributed by atoms with E-state index in [9.17, 15) is 9.59 Å². The number of aryl methyl sites for hydroxylation is 1. The summed E-state index contributed by atoms with van der Waals surface area (Å²) in [5.74, 6) is -1.12. The Morgan fingerprint density at radius 2 is 1.79 bits per heavy atom. The fourth-order valence-corrected chi connectivity index (χ4v) is 2.95. The average Bonchev–Trinajstić information content (AvgIpc) is 3.13. The monoisotopic (exact) mass is 394 g/mol. The Kier molecular flexibility index (Phi) is 5.56. The molecule has 0 unspecified atom stereocenters. The molecule has 0 aliphatic rings. The molecule has 0 radical (unpaired) electrons. The van der Waals surface area contributed by atoms with Crippen LogP contribution in [-0.2, 0) is 0 Å². The number of carbonyl (C=O) groups is 2. The van der Waals surface area contributed by atoms with Gasteiger partial charge < -0.3 is 14.8 Å². The topological polar surface area (TPSA) is 91.6 Å². The first-order valence-electron chi connectivity index (χ1n) is 8.47. The van der Waals surface area contributed by atoms with E-state index in [4.69, 9.17) is 21.7 Å². The number of thiocarbonyl (C=S) groups is 1. The third-order valence-electron chi connectivity index (χ3n) is 4.17. The minimum atomic E-state index is -1.13. The van der Waals surface area contributed by atoms with E-state index in [-0.39, 0.29) is 16.8 Å². The van der Waals surface area contributed by atoms with Crippen molar-refractivity contribution >= 4 is 34.9 Å². The lowest BCUT2D eigenvalue weighted by Crippen LogP contribution is -2.34. The predicted molar refractivity (Wildman–Crippen MR) is 111 cm³/mol. The summed E-state index contributed by atoms with van der Waals surface area (Å²) in [7, 11) is 0. The van der Waals surface area contributed by atoms with Crippen molar-refractivity contribution < 1.29 is 19.1 Å². The van der Waals surface area contributed by atoms with Gasteiger partial charge in [0.1, 0.15) is 5.76 Å². The van der Waals surface area contributed by atoms with Crippen LogP contribution in [0, 0.1) is 13.8 Å². The molecule has 28 heavy (non-hydrogen) atoms. The van der Waals surface area contributed by atoms with E-state index >= 15 is 0 Å². The maximum absolute atomic E-state index is 12.3. The Hall–Kier alpha value is -3.45. The molecular weight excluding hydrogens is 376 g/mol. The molecule has 3 N–H and O–H groups in total. The standard InChI is InChI=1S/C21H18N2O4S/c1-12-5-3-6-14(11-12)19(24)23-21(28)22-16-8-4-7-15(13(16)2)17-9-10-18(27-17)20(25)26/h3-11H,1-2H3,(H,25,26)(H2,22,23,24,28). The lowest BCUT2D eigenvalue weighted by molar-refractivity contribution is 0.0663. The van der Waals surface area contributed by atoms with E-state index in [1.807, 2.05) is 38.1 Å². The molecule has 0 saturated carbocycles. The highest BCUT2D eigenvalue weighted by molar-refractivity contribution is 7.80. The maximum atomic E-state index is 12.3. The Morgan fingerprint density at radius 3 is 2.46 bits per heavy atom. The fraction of sp³-hybridized carbons (Fsp3) is 0.0952. The molecule has 0 saturated heterocycles. The number of carboxylic acid groups (broad SMARTS) is 1. The molecule has 3 aromatic rings. The van der Waals surface area contributed by atoms with E-state index < -0.39 is 5.97 Å². The van der Waals surface area contributed by atoms with Gasteiger partial charge in [-0.25, -0.2) is 4.79 Å². The van der Waals surface area contributed by atoms with Gasteiger partial charge in [0.25, 0.3) is 5.91 Å². The summed E-state index contributed by atoms with van der Waals surface area (Å²) in [6.45, 7) is 3.76. The number of rotatable bonds is 4. The predicted octanol–water partition coefficient (Wildman–Crippen LogP) is 4.39. The minimum absolute atomic E-state index is 0.131. The van der Waals surface area contributed by atoms with Crippen molar-refractivity contribution in [3.05, 3.63) is 77.0 Å². The maximum Gasteiger partial charge on any atom is 0.371 e. The van der Waals surface area contributed by atoms with Crippen LogP contribution in [0.1, 0.15) is 32.0 Å². The molecule has 0 atom stereocenters. The van der Waals surface area contributed by atoms with Crippen molar-refractivity contribution in [2.45, 2.75) is 13.8 Å². The highest BCUT2D eigenvalue weighted by Crippen LogP contribution is 2.30. The third-order valence-corrected chi connectivity index (χ3v) is 4.38. The van der Waals surface area contributed by atoms with Gasteiger partial charge in [-0.1, -0.05) is 29.8 Å². The summed E-state index contributed by atoms with van der Waals surface area (Å²) in [6, 6.07) is 15.6. The van der Waals surface area contributed by atoms with E-state index in [0.29, 0.717) is 17.0 Å². The lowest BCUT2D eigenvalue weighted by Gasteiger charge is -2.14. The Morgan fingerprint density at radius 1 is 1.04 bits per heavy atom. The smallest absolute Gasteiger partial charge is 0.371 e. The zero-order valence-corrected chi connectivity index (χ0v) is 16.1. The number of aromatic carboxylic acids is 1. The van der Waals surface area contributed by atoms with Crippen LogP contribution < -0.4 is 10.6 Å². The highest BCUT2D eigenvalue weighted by atomic mass is 32.1. The van der Waals surface area contributed by atoms with Crippen LogP contribution >= 0.6 is 12.2 Å². The van der Waals surface area contributed by atoms with Crippen molar-refractivity contribution in [3.63, 3.8) is 0 Å². The summed E-state index contributed by atoms with van der Waals surface area (Å²) in [5.41, 5.74) is 3.72. The van der Waals surface area contributed by atoms with Crippen LogP contribution in [0.5, 0.6) is 0 Å². The summed E-state index contributed by atoms with van der Waals surface area (Å²) in [6.07, 6.45) is 0. The van der Waals surface area contributed by atoms with Crippen LogP contribution in [-0.4, -0.2) is 22.1 Å². The third kappa shape index (κ3) is 4.27. The van der Waals surface area contributed by atoms with Gasteiger partial charge in [0.15, 0.2) is 5.11 Å². The Bertz CT molecular complexity index is 1070. The SMILES string of the molecule is Cc1cccc(C(=O)NC(=S)Nc2cccc(-c3ccc(C(=O)O)o3)c2C)c1. The molecule has 0 spiro atoms. The summed E-state index contributed by atoms with van der Waals surface area (Å²) in [5, 5.41) is 14.8. The number of furan rings is 1. The van der Waals surface area contributed by atoms with E-state index in [1.54, 1.807) is 24.3 Å². The molecule has 6 nitrogen and oxygen atoms in total. The van der Waals surface area contributed by atoms with Crippen LogP contribution in [0.2, 0.25) is 0 Å². The van der Waals surface area contributed by atoms with Gasteiger partial charge in [-0.15, -0.1) is 0 Å². The first-order valence-corrected chi connectivity index (χ1v) is 8.88. The molecule has 7 heteroatoms. The van der Waals surface area contributed by atoms with Gasteiger partial charge >= 0.3 is 5.97 Å². The van der Waals surface area contributed by atoms with E-state index in [1.165, 1.54) is 6.07 Å². The van der Waals surface area contributed by atoms with E-state index in [2.05, 4.69) is 10.6 Å². The lowest BCUT2D eigenvalue weighted by atomic mass is 10.0. The molecule has 1 amide bonds. The van der Waals surface area contributed by atoms with Gasteiger partial charge in [-0.2, -0.15) is 0 Å². The largest absolute Gasteiger partial charge is 0.475 e. The second-order valence-electron chi connectivity index (χ2n) is 6.22. The average molecular weight is 394 g/mol. The fourth-order valence-electron chi connectivity index (χ4n) is 2.75. The zero-order valence-electron chi connectivity index (χ0n) is 15.3. The number of anilines is 1. The van der Waals surface area contributed by atoms with Crippen molar-refractivity contribution in [2.24, 2.45) is 0 Å². The zero-order chi connectivity index (χ0) is 20.3. The first-order chi connectivity index (χ1) is 13.3. The van der Waals surface area contributed by atoms with Crippen LogP contribution in [0.4, 0.5) is 5.69 Å². The van der Waals surface area contributed by atoms with Crippen LogP contribution in [0.15, 0.2) is 59.0 Å². The number of nitrogens with one attached hydrogen (secondary N) is 2. The normalized spacial score (nSPS) is 10.4. The summed E-state index contributed by atoms with van der Waals surface area (Å²) >= 11 is 5.26. The van der Waals surface area contributed by atoms with Crippen LogP contribution in [0.25, 0.3) is 11.3 Å². The molecule has 1 aromatic heterocycles. The van der Waals surface area contributed by atoms with Gasteiger partial charge in [0, 0.05) is 16.8 Å². The summed E-state index contributed by atoms with van der Waals surface area (Å²) in [4.78, 5) is 23.3. The molecule has 0 fully saturated rings. The number of hydrogen-bond donors (Lipinski definition) is 3. The second-order valence-corrected chi connectivity index (χ2v) is 6.63. The number of carboxylic acids is 1. The van der Waals surface area contributed by atoms with E-state index in [0.717, 1.165) is 16.7 Å². The quantitative estimate of drug-likeness (QED) is 0.569. The minimum Gasteiger partial charge on any atom is -0.475 e. The molecule has 3 rings (SSSR count). The highest BCUT2D eigenvalue weighted by Gasteiger charge is 2.14. The number of amides is 1. The first kappa shape index (κ1) is 19.3. The van der Waals surface area contributed by atoms with Gasteiger partial charge in [-0.05, 0) is 62.0 Å². The Balaban J connectivity index is 1.76. The van der Waals surface area contributed by atoms with Gasteiger partial charge in [0.2, 0.25) is 5.76 Å². The van der Waals surface area contributed by atoms with Crippen molar-refractivity contribution in [2.75, 3.05) is 5.32 Å². The van der Waals surface area contributed by atoms with Gasteiger partial charge in [0.05, 0.1) is 0 Å². The molecular formula is C21H18N2O4S. The molecule has 1 heterocycles. The molecule has 0 bridgehead atoms. The number of carbonyl (C=O) groups excluding carboxylic acids is 1.